The van der Waals surface area contributed by atoms with Crippen LogP contribution >= 0.6 is 11.3 Å². The first-order valence-electron chi connectivity index (χ1n) is 4.41. The predicted octanol–water partition coefficient (Wildman–Crippen LogP) is 0.693. The van der Waals surface area contributed by atoms with E-state index in [9.17, 15) is 13.2 Å². The van der Waals surface area contributed by atoms with Gasteiger partial charge in [-0.25, -0.2) is 8.42 Å². The molecule has 1 heterocycles. The molecule has 1 aromatic heterocycles. The molecule has 84 valence electrons. The van der Waals surface area contributed by atoms with Gasteiger partial charge >= 0.3 is 0 Å². The number of thiophene rings is 1. The summed E-state index contributed by atoms with van der Waals surface area (Å²) >= 11 is 1.31. The minimum atomic E-state index is -3.05. The van der Waals surface area contributed by atoms with E-state index in [0.717, 1.165) is 6.26 Å². The van der Waals surface area contributed by atoms with Crippen molar-refractivity contribution in [1.29, 1.82) is 0 Å². The Morgan fingerprint density at radius 1 is 1.60 bits per heavy atom. The number of carbonyl (C=O) groups excluding carboxylic acids is 1. The number of ketones is 1. The summed E-state index contributed by atoms with van der Waals surface area (Å²) in [6.45, 7) is 0. The molecule has 0 aliphatic heterocycles. The summed E-state index contributed by atoms with van der Waals surface area (Å²) in [5.74, 6) is -0.237. The fourth-order valence-electron chi connectivity index (χ4n) is 1.07. The molecule has 0 aromatic carbocycles. The maximum absolute atomic E-state index is 11.6. The number of sulfone groups is 1. The molecule has 0 radical (unpaired) electrons. The monoisotopic (exact) mass is 247 g/mol. The Labute approximate surface area is 93.0 Å². The van der Waals surface area contributed by atoms with Crippen LogP contribution in [0.4, 0.5) is 0 Å². The summed E-state index contributed by atoms with van der Waals surface area (Å²) in [6, 6.07) is 2.73. The molecule has 0 aliphatic carbocycles. The van der Waals surface area contributed by atoms with Crippen LogP contribution in [0.25, 0.3) is 0 Å². The van der Waals surface area contributed by atoms with E-state index in [4.69, 9.17) is 5.73 Å². The summed E-state index contributed by atoms with van der Waals surface area (Å²) in [5, 5.41) is 1.79. The van der Waals surface area contributed by atoms with Gasteiger partial charge in [0, 0.05) is 6.26 Å². The van der Waals surface area contributed by atoms with Crippen LogP contribution < -0.4 is 5.73 Å². The summed E-state index contributed by atoms with van der Waals surface area (Å²) in [6.07, 6.45) is 1.31. The van der Waals surface area contributed by atoms with E-state index in [1.54, 1.807) is 17.5 Å². The smallest absolute Gasteiger partial charge is 0.189 e. The van der Waals surface area contributed by atoms with Crippen molar-refractivity contribution in [3.63, 3.8) is 0 Å². The normalized spacial score (nSPS) is 13.7. The minimum absolute atomic E-state index is 0.0503. The van der Waals surface area contributed by atoms with Crippen molar-refractivity contribution in [2.75, 3.05) is 12.0 Å². The van der Waals surface area contributed by atoms with E-state index < -0.39 is 15.9 Å². The summed E-state index contributed by atoms with van der Waals surface area (Å²) in [7, 11) is -3.05. The van der Waals surface area contributed by atoms with Crippen molar-refractivity contribution in [2.45, 2.75) is 12.5 Å². The second kappa shape index (κ2) is 4.87. The lowest BCUT2D eigenvalue weighted by molar-refractivity contribution is 0.0964. The van der Waals surface area contributed by atoms with E-state index in [1.165, 1.54) is 11.3 Å². The maximum atomic E-state index is 11.6. The lowest BCUT2D eigenvalue weighted by Gasteiger charge is -2.07. The highest BCUT2D eigenvalue weighted by molar-refractivity contribution is 7.90. The molecule has 0 fully saturated rings. The molecule has 0 aliphatic rings. The van der Waals surface area contributed by atoms with Gasteiger partial charge in [-0.15, -0.1) is 11.3 Å². The van der Waals surface area contributed by atoms with Gasteiger partial charge in [0.25, 0.3) is 0 Å². The molecule has 4 nitrogen and oxygen atoms in total. The van der Waals surface area contributed by atoms with Gasteiger partial charge in [0.1, 0.15) is 9.84 Å². The van der Waals surface area contributed by atoms with Crippen LogP contribution in [0.1, 0.15) is 16.1 Å². The van der Waals surface area contributed by atoms with E-state index in [-0.39, 0.29) is 18.0 Å². The van der Waals surface area contributed by atoms with Crippen LogP contribution in [0.15, 0.2) is 17.5 Å². The lowest BCUT2D eigenvalue weighted by atomic mass is 10.1. The van der Waals surface area contributed by atoms with Crippen LogP contribution in [-0.2, 0) is 9.84 Å². The fraction of sp³-hybridized carbons (Fsp3) is 0.444. The van der Waals surface area contributed by atoms with Gasteiger partial charge in [0.05, 0.1) is 16.7 Å². The van der Waals surface area contributed by atoms with Crippen molar-refractivity contribution in [3.05, 3.63) is 22.4 Å². The van der Waals surface area contributed by atoms with Crippen LogP contribution in [0.2, 0.25) is 0 Å². The molecular formula is C9H13NO3S2. The summed E-state index contributed by atoms with van der Waals surface area (Å²) in [5.41, 5.74) is 5.61. The number of hydrogen-bond donors (Lipinski definition) is 1. The Balaban J connectivity index is 2.55. The average molecular weight is 247 g/mol. The third kappa shape index (κ3) is 4.11. The van der Waals surface area contributed by atoms with Gasteiger partial charge in [-0.05, 0) is 17.9 Å². The van der Waals surface area contributed by atoms with Gasteiger partial charge in [0.15, 0.2) is 5.78 Å². The molecular weight excluding hydrogens is 234 g/mol. The van der Waals surface area contributed by atoms with Crippen LogP contribution in [0.5, 0.6) is 0 Å². The second-order valence-corrected chi connectivity index (χ2v) is 6.57. The molecule has 1 atom stereocenters. The lowest BCUT2D eigenvalue weighted by Crippen LogP contribution is -2.32. The van der Waals surface area contributed by atoms with E-state index in [2.05, 4.69) is 0 Å². The quantitative estimate of drug-likeness (QED) is 0.777. The minimum Gasteiger partial charge on any atom is -0.321 e. The van der Waals surface area contributed by atoms with Crippen molar-refractivity contribution < 1.29 is 13.2 Å². The predicted molar refractivity (Wildman–Crippen MR) is 61.0 cm³/mol. The summed E-state index contributed by atoms with van der Waals surface area (Å²) in [4.78, 5) is 12.2. The third-order valence-electron chi connectivity index (χ3n) is 1.90. The first kappa shape index (κ1) is 12.4. The molecule has 0 saturated carbocycles. The van der Waals surface area contributed by atoms with Gasteiger partial charge in [-0.1, -0.05) is 6.07 Å². The van der Waals surface area contributed by atoms with E-state index >= 15 is 0 Å². The SMILES string of the molecule is CS(=O)(=O)CCC(N)C(=O)c1cccs1. The molecule has 0 saturated heterocycles. The average Bonchev–Trinajstić information content (AvgIpc) is 2.64. The topological polar surface area (TPSA) is 77.2 Å². The Morgan fingerprint density at radius 3 is 2.73 bits per heavy atom. The zero-order valence-corrected chi connectivity index (χ0v) is 9.98. The number of rotatable bonds is 5. The van der Waals surface area contributed by atoms with Gasteiger partial charge < -0.3 is 5.73 Å². The molecule has 1 aromatic rings. The molecule has 6 heteroatoms. The van der Waals surface area contributed by atoms with Crippen molar-refractivity contribution in [1.82, 2.24) is 0 Å². The molecule has 2 N–H and O–H groups in total. The van der Waals surface area contributed by atoms with E-state index in [1.807, 2.05) is 0 Å². The molecule has 0 bridgehead atoms. The highest BCUT2D eigenvalue weighted by atomic mass is 32.2. The van der Waals surface area contributed by atoms with Gasteiger partial charge in [0.2, 0.25) is 0 Å². The van der Waals surface area contributed by atoms with Crippen molar-refractivity contribution in [3.8, 4) is 0 Å². The van der Waals surface area contributed by atoms with Gasteiger partial charge in [-0.2, -0.15) is 0 Å². The second-order valence-electron chi connectivity index (χ2n) is 3.37. The molecule has 1 rings (SSSR count). The number of Topliss-reactive ketones (excluding diaryl/α,β-unsaturated/α-hetero) is 1. The third-order valence-corrected chi connectivity index (χ3v) is 3.76. The highest BCUT2D eigenvalue weighted by Crippen LogP contribution is 2.12. The van der Waals surface area contributed by atoms with Crippen LogP contribution in [0, 0.1) is 0 Å². The first-order valence-corrected chi connectivity index (χ1v) is 7.35. The summed E-state index contributed by atoms with van der Waals surface area (Å²) < 4.78 is 21.8. The molecule has 1 unspecified atom stereocenters. The Morgan fingerprint density at radius 2 is 2.27 bits per heavy atom. The van der Waals surface area contributed by atoms with Crippen molar-refractivity contribution in [2.24, 2.45) is 5.73 Å². The largest absolute Gasteiger partial charge is 0.321 e. The zero-order chi connectivity index (χ0) is 11.5. The highest BCUT2D eigenvalue weighted by Gasteiger charge is 2.18. The Bertz CT molecular complexity index is 422. The van der Waals surface area contributed by atoms with Crippen LogP contribution in [0.3, 0.4) is 0 Å². The molecule has 0 amide bonds. The van der Waals surface area contributed by atoms with Crippen LogP contribution in [-0.4, -0.2) is 32.3 Å². The fourth-order valence-corrected chi connectivity index (χ4v) is 2.48. The first-order chi connectivity index (χ1) is 6.90. The standard InChI is InChI=1S/C9H13NO3S2/c1-15(12,13)6-4-7(10)9(11)8-3-2-5-14-8/h2-3,5,7H,4,6,10H2,1H3. The Hall–Kier alpha value is -0.720. The van der Waals surface area contributed by atoms with Gasteiger partial charge in [-0.3, -0.25) is 4.79 Å². The molecule has 15 heavy (non-hydrogen) atoms. The number of carbonyl (C=O) groups is 1. The Kier molecular flexibility index (Phi) is 4.01. The number of nitrogens with two attached hydrogens (primary N) is 1. The maximum Gasteiger partial charge on any atom is 0.189 e. The number of hydrogen-bond acceptors (Lipinski definition) is 5. The zero-order valence-electron chi connectivity index (χ0n) is 8.34. The van der Waals surface area contributed by atoms with E-state index in [0.29, 0.717) is 4.88 Å². The molecule has 0 spiro atoms. The van der Waals surface area contributed by atoms with Crippen molar-refractivity contribution >= 4 is 27.0 Å².